The first-order chi connectivity index (χ1) is 14.0. The second-order valence-corrected chi connectivity index (χ2v) is 7.11. The van der Waals surface area contributed by atoms with Gasteiger partial charge in [-0.2, -0.15) is 0 Å². The molecule has 8 heteroatoms. The minimum atomic E-state index is -0.569. The van der Waals surface area contributed by atoms with E-state index in [4.69, 9.17) is 4.42 Å². The molecule has 0 saturated carbocycles. The highest BCUT2D eigenvalue weighted by atomic mass is 19.1. The number of para-hydroxylation sites is 2. The van der Waals surface area contributed by atoms with Gasteiger partial charge in [0.1, 0.15) is 11.3 Å². The number of hydrogen-bond donors (Lipinski definition) is 2. The molecule has 3 amide bonds. The lowest BCUT2D eigenvalue weighted by molar-refractivity contribution is -0.114. The highest BCUT2D eigenvalue weighted by Gasteiger charge is 2.28. The largest absolute Gasteiger partial charge is 0.440 e. The fourth-order valence-corrected chi connectivity index (χ4v) is 3.52. The summed E-state index contributed by atoms with van der Waals surface area (Å²) in [7, 11) is 0. The number of fused-ring (bicyclic) bond motifs is 1. The van der Waals surface area contributed by atoms with Crippen LogP contribution in [0.1, 0.15) is 31.6 Å². The number of benzene rings is 2. The Hall–Kier alpha value is -3.42. The van der Waals surface area contributed by atoms with Gasteiger partial charge in [0.25, 0.3) is 0 Å². The van der Waals surface area contributed by atoms with Crippen LogP contribution in [0.4, 0.5) is 20.6 Å². The average molecular weight is 396 g/mol. The third kappa shape index (κ3) is 4.21. The van der Waals surface area contributed by atoms with Gasteiger partial charge in [-0.15, -0.1) is 0 Å². The molecule has 2 aromatic carbocycles. The van der Waals surface area contributed by atoms with Gasteiger partial charge in [-0.05, 0) is 43.2 Å². The summed E-state index contributed by atoms with van der Waals surface area (Å²) in [5.41, 5.74) is 1.95. The third-order valence-corrected chi connectivity index (χ3v) is 4.90. The van der Waals surface area contributed by atoms with Crippen molar-refractivity contribution in [1.29, 1.82) is 0 Å². The average Bonchev–Trinajstić information content (AvgIpc) is 3.14. The molecule has 1 unspecified atom stereocenters. The van der Waals surface area contributed by atoms with Gasteiger partial charge in [0.2, 0.25) is 5.91 Å². The molecule has 1 aromatic heterocycles. The maximum atomic E-state index is 14.1. The molecule has 29 heavy (non-hydrogen) atoms. The van der Waals surface area contributed by atoms with Crippen molar-refractivity contribution in [3.8, 4) is 0 Å². The van der Waals surface area contributed by atoms with Crippen LogP contribution < -0.4 is 10.6 Å². The Bertz CT molecular complexity index is 1030. The van der Waals surface area contributed by atoms with Crippen molar-refractivity contribution in [3.05, 3.63) is 54.2 Å². The number of halogens is 1. The van der Waals surface area contributed by atoms with Crippen LogP contribution in [-0.4, -0.2) is 34.9 Å². The number of amides is 3. The number of hydrogen-bond acceptors (Lipinski definition) is 4. The summed E-state index contributed by atoms with van der Waals surface area (Å²) in [6.07, 6.45) is 1.66. The van der Waals surface area contributed by atoms with Crippen molar-refractivity contribution >= 4 is 34.4 Å². The fraction of sp³-hybridized carbons (Fsp3) is 0.286. The predicted octanol–water partition coefficient (Wildman–Crippen LogP) is 4.34. The number of rotatable bonds is 3. The number of anilines is 2. The van der Waals surface area contributed by atoms with E-state index in [1.165, 1.54) is 25.1 Å². The van der Waals surface area contributed by atoms with E-state index in [-0.39, 0.29) is 17.5 Å². The predicted molar refractivity (Wildman–Crippen MR) is 107 cm³/mol. The van der Waals surface area contributed by atoms with Crippen LogP contribution in [0.5, 0.6) is 0 Å². The molecule has 4 rings (SSSR count). The van der Waals surface area contributed by atoms with Crippen LogP contribution >= 0.6 is 0 Å². The van der Waals surface area contributed by atoms with Gasteiger partial charge >= 0.3 is 6.03 Å². The van der Waals surface area contributed by atoms with Crippen LogP contribution in [-0.2, 0) is 4.79 Å². The molecule has 1 aliphatic heterocycles. The third-order valence-electron chi connectivity index (χ3n) is 4.90. The van der Waals surface area contributed by atoms with E-state index in [2.05, 4.69) is 15.6 Å². The van der Waals surface area contributed by atoms with Crippen LogP contribution in [0.15, 0.2) is 46.9 Å². The molecular weight excluding hydrogens is 375 g/mol. The summed E-state index contributed by atoms with van der Waals surface area (Å²) in [6, 6.07) is 11.2. The van der Waals surface area contributed by atoms with Crippen molar-refractivity contribution in [2.75, 3.05) is 23.7 Å². The Morgan fingerprint density at radius 1 is 1.21 bits per heavy atom. The Labute approximate surface area is 166 Å². The van der Waals surface area contributed by atoms with Gasteiger partial charge in [0.05, 0.1) is 11.6 Å². The number of likely N-dealkylation sites (tertiary alicyclic amines) is 1. The minimum Gasteiger partial charge on any atom is -0.440 e. The van der Waals surface area contributed by atoms with Gasteiger partial charge in [-0.25, -0.2) is 14.2 Å². The van der Waals surface area contributed by atoms with E-state index in [0.29, 0.717) is 24.7 Å². The maximum Gasteiger partial charge on any atom is 0.321 e. The molecule has 1 saturated heterocycles. The van der Waals surface area contributed by atoms with Gasteiger partial charge < -0.3 is 20.0 Å². The van der Waals surface area contributed by atoms with Crippen LogP contribution in [0, 0.1) is 5.82 Å². The van der Waals surface area contributed by atoms with E-state index >= 15 is 0 Å². The summed E-state index contributed by atoms with van der Waals surface area (Å²) < 4.78 is 20.0. The molecule has 0 aliphatic carbocycles. The number of piperidine rings is 1. The number of nitrogens with zero attached hydrogens (tertiary/aromatic N) is 2. The summed E-state index contributed by atoms with van der Waals surface area (Å²) in [5, 5.41) is 5.18. The Balaban J connectivity index is 1.47. The van der Waals surface area contributed by atoms with Crippen LogP contribution in [0.3, 0.4) is 0 Å². The lowest BCUT2D eigenvalue weighted by Gasteiger charge is -2.31. The van der Waals surface area contributed by atoms with Crippen molar-refractivity contribution in [1.82, 2.24) is 9.88 Å². The molecule has 7 nitrogen and oxygen atoms in total. The highest BCUT2D eigenvalue weighted by molar-refractivity contribution is 5.92. The normalized spacial score (nSPS) is 16.6. The molecule has 2 heterocycles. The molecule has 3 aromatic rings. The van der Waals surface area contributed by atoms with E-state index in [1.807, 2.05) is 24.3 Å². The second kappa shape index (κ2) is 7.90. The van der Waals surface area contributed by atoms with Crippen molar-refractivity contribution in [3.63, 3.8) is 0 Å². The van der Waals surface area contributed by atoms with Gasteiger partial charge in [-0.3, -0.25) is 4.79 Å². The molecule has 1 atom stereocenters. The van der Waals surface area contributed by atoms with Crippen molar-refractivity contribution in [2.45, 2.75) is 25.7 Å². The highest BCUT2D eigenvalue weighted by Crippen LogP contribution is 2.29. The zero-order valence-electron chi connectivity index (χ0n) is 15.9. The minimum absolute atomic E-state index is 0.0162. The van der Waals surface area contributed by atoms with E-state index < -0.39 is 11.8 Å². The van der Waals surface area contributed by atoms with Crippen LogP contribution in [0.2, 0.25) is 0 Å². The first-order valence-electron chi connectivity index (χ1n) is 9.48. The van der Waals surface area contributed by atoms with Gasteiger partial charge in [0, 0.05) is 25.7 Å². The van der Waals surface area contributed by atoms with Gasteiger partial charge in [0.15, 0.2) is 11.5 Å². The molecular formula is C21H21FN4O3. The number of nitrogens with one attached hydrogen (secondary N) is 2. The zero-order chi connectivity index (χ0) is 20.4. The number of carbonyl (C=O) groups is 2. The number of oxazole rings is 1. The van der Waals surface area contributed by atoms with Crippen molar-refractivity contribution < 1.29 is 18.4 Å². The quantitative estimate of drug-likeness (QED) is 0.690. The summed E-state index contributed by atoms with van der Waals surface area (Å²) in [4.78, 5) is 30.1. The number of aromatic nitrogens is 1. The summed E-state index contributed by atoms with van der Waals surface area (Å²) in [5.74, 6) is -0.244. The monoisotopic (exact) mass is 396 g/mol. The van der Waals surface area contributed by atoms with E-state index in [1.54, 1.807) is 4.90 Å². The Morgan fingerprint density at radius 2 is 2.03 bits per heavy atom. The topological polar surface area (TPSA) is 87.5 Å². The van der Waals surface area contributed by atoms with Crippen LogP contribution in [0.25, 0.3) is 11.1 Å². The first-order valence-corrected chi connectivity index (χ1v) is 9.48. The molecule has 1 fully saturated rings. The van der Waals surface area contributed by atoms with E-state index in [9.17, 15) is 14.0 Å². The standard InChI is InChI=1S/C21H21FN4O3/c1-13(27)23-15-8-9-16(22)18(11-15)25-21(28)26-10-4-5-14(12-26)20-24-17-6-2-3-7-19(17)29-20/h2-3,6-9,11,14H,4-5,10,12H2,1H3,(H,23,27)(H,25,28). The molecule has 1 aliphatic rings. The molecule has 0 spiro atoms. The fourth-order valence-electron chi connectivity index (χ4n) is 3.52. The second-order valence-electron chi connectivity index (χ2n) is 7.11. The molecule has 150 valence electrons. The number of urea groups is 1. The smallest absolute Gasteiger partial charge is 0.321 e. The zero-order valence-corrected chi connectivity index (χ0v) is 15.9. The summed E-state index contributed by atoms with van der Waals surface area (Å²) in [6.45, 7) is 2.36. The summed E-state index contributed by atoms with van der Waals surface area (Å²) >= 11 is 0. The van der Waals surface area contributed by atoms with E-state index in [0.717, 1.165) is 23.9 Å². The molecule has 0 bridgehead atoms. The number of carbonyl (C=O) groups excluding carboxylic acids is 2. The molecule has 2 N–H and O–H groups in total. The lowest BCUT2D eigenvalue weighted by Crippen LogP contribution is -2.41. The van der Waals surface area contributed by atoms with Crippen molar-refractivity contribution in [2.24, 2.45) is 0 Å². The Kier molecular flexibility index (Phi) is 5.16. The Morgan fingerprint density at radius 3 is 2.83 bits per heavy atom. The lowest BCUT2D eigenvalue weighted by atomic mass is 9.98. The first kappa shape index (κ1) is 18.9. The SMILES string of the molecule is CC(=O)Nc1ccc(F)c(NC(=O)N2CCCC(c3nc4ccccc4o3)C2)c1. The van der Waals surface area contributed by atoms with Gasteiger partial charge in [-0.1, -0.05) is 12.1 Å². The molecule has 0 radical (unpaired) electrons. The maximum absolute atomic E-state index is 14.1.